The Morgan fingerprint density at radius 3 is 2.06 bits per heavy atom. The van der Waals surface area contributed by atoms with Crippen LogP contribution < -0.4 is 5.32 Å². The topological polar surface area (TPSA) is 97.1 Å². The molecule has 7 aromatic rings. The summed E-state index contributed by atoms with van der Waals surface area (Å²) in [4.78, 5) is 35.8. The molecule has 7 nitrogen and oxygen atoms in total. The predicted molar refractivity (Wildman–Crippen MR) is 202 cm³/mol. The molecule has 1 aliphatic carbocycles. The Kier molecular flexibility index (Phi) is 8.85. The fraction of sp³-hybridized carbons (Fsp3) is 0.182. The van der Waals surface area contributed by atoms with Crippen molar-refractivity contribution in [3.05, 3.63) is 145 Å². The summed E-state index contributed by atoms with van der Waals surface area (Å²) in [5, 5.41) is 13.9. The van der Waals surface area contributed by atoms with Crippen molar-refractivity contribution in [3.8, 4) is 33.6 Å². The van der Waals surface area contributed by atoms with Crippen LogP contribution in [0.4, 0.5) is 0 Å². The van der Waals surface area contributed by atoms with Crippen LogP contribution in [0.5, 0.6) is 0 Å². The van der Waals surface area contributed by atoms with Gasteiger partial charge in [0.05, 0.1) is 16.6 Å². The molecular formula is C44H38N4O3. The first kappa shape index (κ1) is 32.1. The van der Waals surface area contributed by atoms with Gasteiger partial charge in [0, 0.05) is 40.7 Å². The molecule has 0 spiro atoms. The van der Waals surface area contributed by atoms with Crippen LogP contribution >= 0.6 is 0 Å². The van der Waals surface area contributed by atoms with Crippen LogP contribution in [0.25, 0.3) is 55.6 Å². The van der Waals surface area contributed by atoms with E-state index >= 15 is 0 Å². The number of pyridine rings is 1. The Labute approximate surface area is 296 Å². The predicted octanol–water partition coefficient (Wildman–Crippen LogP) is 9.52. The summed E-state index contributed by atoms with van der Waals surface area (Å²) in [5.41, 5.74) is 9.10. The third-order valence-corrected chi connectivity index (χ3v) is 10.0. The van der Waals surface area contributed by atoms with Crippen molar-refractivity contribution < 1.29 is 14.7 Å². The van der Waals surface area contributed by atoms with Gasteiger partial charge >= 0.3 is 5.97 Å². The highest BCUT2D eigenvalue weighted by Gasteiger charge is 2.25. The van der Waals surface area contributed by atoms with Gasteiger partial charge in [0.25, 0.3) is 5.91 Å². The molecule has 2 aromatic heterocycles. The number of benzene rings is 5. The molecule has 1 aliphatic rings. The minimum Gasteiger partial charge on any atom is -0.480 e. The first-order valence-corrected chi connectivity index (χ1v) is 17.7. The van der Waals surface area contributed by atoms with Crippen LogP contribution in [0, 0.1) is 0 Å². The zero-order valence-corrected chi connectivity index (χ0v) is 28.2. The van der Waals surface area contributed by atoms with Crippen LogP contribution in [-0.4, -0.2) is 37.6 Å². The van der Waals surface area contributed by atoms with Gasteiger partial charge in [0.1, 0.15) is 11.9 Å². The maximum Gasteiger partial charge on any atom is 0.326 e. The van der Waals surface area contributed by atoms with Gasteiger partial charge in [0.15, 0.2) is 0 Å². The van der Waals surface area contributed by atoms with E-state index in [9.17, 15) is 14.7 Å². The number of imidazole rings is 1. The van der Waals surface area contributed by atoms with Crippen LogP contribution in [0.15, 0.2) is 134 Å². The van der Waals surface area contributed by atoms with Crippen molar-refractivity contribution in [2.45, 2.75) is 50.6 Å². The zero-order chi connectivity index (χ0) is 34.7. The number of aliphatic carboxylic acids is 1. The average molecular weight is 671 g/mol. The van der Waals surface area contributed by atoms with Gasteiger partial charge in [-0.15, -0.1) is 0 Å². The van der Waals surface area contributed by atoms with Crippen molar-refractivity contribution in [2.75, 3.05) is 0 Å². The molecule has 1 fully saturated rings. The van der Waals surface area contributed by atoms with Gasteiger partial charge in [-0.1, -0.05) is 104 Å². The maximum absolute atomic E-state index is 13.6. The normalized spacial score (nSPS) is 14.0. The highest BCUT2D eigenvalue weighted by atomic mass is 16.4. The summed E-state index contributed by atoms with van der Waals surface area (Å²) in [6, 6.07) is 41.3. The van der Waals surface area contributed by atoms with Gasteiger partial charge in [-0.25, -0.2) is 9.78 Å². The van der Waals surface area contributed by atoms with Crippen LogP contribution in [0.3, 0.4) is 0 Å². The van der Waals surface area contributed by atoms with Gasteiger partial charge in [-0.05, 0) is 77.6 Å². The van der Waals surface area contributed by atoms with Gasteiger partial charge in [-0.2, -0.15) is 0 Å². The van der Waals surface area contributed by atoms with Crippen molar-refractivity contribution in [3.63, 3.8) is 0 Å². The Balaban J connectivity index is 1.09. The first-order valence-electron chi connectivity index (χ1n) is 17.7. The zero-order valence-electron chi connectivity index (χ0n) is 28.2. The summed E-state index contributed by atoms with van der Waals surface area (Å²) in [7, 11) is 0. The Morgan fingerprint density at radius 2 is 1.35 bits per heavy atom. The molecule has 2 heterocycles. The number of nitrogens with one attached hydrogen (secondary N) is 1. The molecule has 7 heteroatoms. The minimum absolute atomic E-state index is 0.168. The molecule has 1 saturated carbocycles. The van der Waals surface area contributed by atoms with E-state index in [0.29, 0.717) is 17.1 Å². The number of aromatic nitrogens is 3. The Bertz CT molecular complexity index is 2340. The summed E-state index contributed by atoms with van der Waals surface area (Å²) < 4.78 is 2.35. The van der Waals surface area contributed by atoms with E-state index in [-0.39, 0.29) is 6.42 Å². The third-order valence-electron chi connectivity index (χ3n) is 10.0. The standard InChI is InChI=1S/C44H38N4O3/c49-43(47-40(44(50)51)24-29-16-18-32(19-17-29)30-10-4-1-5-11-30)34-21-23-41-39(27-34)46-42(48(41)37-14-8-3-9-15-37)33-20-22-38-35(25-33)26-36(28-45-38)31-12-6-2-7-13-31/h1-2,4-7,10-13,16-23,25-28,37,40H,3,8-9,14-15,24H2,(H,47,49)(H,50,51). The number of rotatable bonds is 9. The molecule has 8 rings (SSSR count). The van der Waals surface area contributed by atoms with E-state index in [1.54, 1.807) is 12.1 Å². The molecule has 0 aliphatic heterocycles. The SMILES string of the molecule is O=C(NC(Cc1ccc(-c2ccccc2)cc1)C(=O)O)c1ccc2c(c1)nc(-c1ccc3ncc(-c4ccccc4)cc3c1)n2C1CCCCC1. The van der Waals surface area contributed by atoms with Crippen LogP contribution in [0.2, 0.25) is 0 Å². The third kappa shape index (κ3) is 6.75. The Morgan fingerprint density at radius 1 is 0.706 bits per heavy atom. The lowest BCUT2D eigenvalue weighted by Gasteiger charge is -2.25. The summed E-state index contributed by atoms with van der Waals surface area (Å²) in [6.07, 6.45) is 7.78. The summed E-state index contributed by atoms with van der Waals surface area (Å²) >= 11 is 0. The lowest BCUT2D eigenvalue weighted by Crippen LogP contribution is -2.42. The van der Waals surface area contributed by atoms with E-state index in [4.69, 9.17) is 9.97 Å². The number of nitrogens with zero attached hydrogens (tertiary/aromatic N) is 3. The molecule has 51 heavy (non-hydrogen) atoms. The number of hydrogen-bond donors (Lipinski definition) is 2. The summed E-state index contributed by atoms with van der Waals surface area (Å²) in [6.45, 7) is 0. The van der Waals surface area contributed by atoms with E-state index < -0.39 is 17.9 Å². The molecule has 2 N–H and O–H groups in total. The number of carboxylic acids is 1. The van der Waals surface area contributed by atoms with Crippen molar-refractivity contribution in [2.24, 2.45) is 0 Å². The summed E-state index contributed by atoms with van der Waals surface area (Å²) in [5.74, 6) is -0.658. The molecular weight excluding hydrogens is 633 g/mol. The molecule has 0 radical (unpaired) electrons. The van der Waals surface area contributed by atoms with E-state index in [2.05, 4.69) is 40.2 Å². The van der Waals surface area contributed by atoms with E-state index in [0.717, 1.165) is 81.3 Å². The molecule has 1 amide bonds. The number of carbonyl (C=O) groups is 2. The molecule has 0 saturated heterocycles. The maximum atomic E-state index is 13.6. The number of amides is 1. The second-order valence-electron chi connectivity index (χ2n) is 13.4. The minimum atomic E-state index is -1.09. The molecule has 0 bridgehead atoms. The highest BCUT2D eigenvalue weighted by Crippen LogP contribution is 2.37. The number of hydrogen-bond acceptors (Lipinski definition) is 4. The molecule has 252 valence electrons. The van der Waals surface area contributed by atoms with Gasteiger partial charge < -0.3 is 15.0 Å². The molecule has 5 aromatic carbocycles. The average Bonchev–Trinajstić information content (AvgIpc) is 3.57. The van der Waals surface area contributed by atoms with E-state index in [1.165, 1.54) is 6.42 Å². The fourth-order valence-electron chi connectivity index (χ4n) is 7.35. The second kappa shape index (κ2) is 14.0. The fourth-order valence-corrected chi connectivity index (χ4v) is 7.35. The smallest absolute Gasteiger partial charge is 0.326 e. The molecule has 1 atom stereocenters. The van der Waals surface area contributed by atoms with Gasteiger partial charge in [0.2, 0.25) is 0 Å². The van der Waals surface area contributed by atoms with Crippen LogP contribution in [-0.2, 0) is 11.2 Å². The van der Waals surface area contributed by atoms with Crippen molar-refractivity contribution in [1.29, 1.82) is 0 Å². The monoisotopic (exact) mass is 670 g/mol. The number of fused-ring (bicyclic) bond motifs is 2. The lowest BCUT2D eigenvalue weighted by molar-refractivity contribution is -0.139. The first-order chi connectivity index (χ1) is 25.0. The quantitative estimate of drug-likeness (QED) is 0.159. The van der Waals surface area contributed by atoms with Crippen LogP contribution in [0.1, 0.15) is 54.1 Å². The largest absolute Gasteiger partial charge is 0.480 e. The van der Waals surface area contributed by atoms with Crippen molar-refractivity contribution >= 4 is 33.8 Å². The number of carbonyl (C=O) groups excluding carboxylic acids is 1. The van der Waals surface area contributed by atoms with Gasteiger partial charge in [-0.3, -0.25) is 9.78 Å². The highest BCUT2D eigenvalue weighted by molar-refractivity contribution is 6.00. The molecule has 1 unspecified atom stereocenters. The van der Waals surface area contributed by atoms with Crippen molar-refractivity contribution in [1.82, 2.24) is 19.9 Å². The number of carboxylic acid groups (broad SMARTS) is 1. The Hall–Kier alpha value is -6.08. The van der Waals surface area contributed by atoms with E-state index in [1.807, 2.05) is 91.1 Å². The second-order valence-corrected chi connectivity index (χ2v) is 13.4. The lowest BCUT2D eigenvalue weighted by atomic mass is 9.94.